The topological polar surface area (TPSA) is 46.9 Å². The highest BCUT2D eigenvalue weighted by Crippen LogP contribution is 2.28. The predicted octanol–water partition coefficient (Wildman–Crippen LogP) is 5.38. The van der Waals surface area contributed by atoms with Gasteiger partial charge in [-0.1, -0.05) is 19.3 Å². The third-order valence-electron chi connectivity index (χ3n) is 5.88. The number of benzene rings is 2. The molecule has 3 aromatic rings. The molecule has 0 bridgehead atoms. The molecule has 1 aliphatic carbocycles. The largest absolute Gasteiger partial charge is 0.327 e. The molecule has 0 aliphatic heterocycles. The molecule has 1 saturated carbocycles. The van der Waals surface area contributed by atoms with Gasteiger partial charge in [0.1, 0.15) is 5.82 Å². The van der Waals surface area contributed by atoms with Crippen LogP contribution in [0, 0.1) is 19.8 Å². The molecule has 140 valence electrons. The fourth-order valence-corrected chi connectivity index (χ4v) is 4.02. The van der Waals surface area contributed by atoms with Gasteiger partial charge in [0.2, 0.25) is 5.91 Å². The Labute approximate surface area is 160 Å². The molecule has 4 heteroatoms. The van der Waals surface area contributed by atoms with Crippen molar-refractivity contribution in [3.05, 3.63) is 47.5 Å². The first-order chi connectivity index (χ1) is 13.0. The third-order valence-corrected chi connectivity index (χ3v) is 5.88. The molecule has 1 heterocycles. The van der Waals surface area contributed by atoms with Crippen LogP contribution in [0.1, 0.15) is 43.2 Å². The van der Waals surface area contributed by atoms with E-state index in [-0.39, 0.29) is 11.8 Å². The summed E-state index contributed by atoms with van der Waals surface area (Å²) in [5, 5.41) is 3.08. The minimum Gasteiger partial charge on any atom is -0.327 e. The lowest BCUT2D eigenvalue weighted by Gasteiger charge is -2.20. The zero-order chi connectivity index (χ0) is 19.0. The van der Waals surface area contributed by atoms with Crippen LogP contribution in [0.15, 0.2) is 36.4 Å². The van der Waals surface area contributed by atoms with E-state index in [4.69, 9.17) is 4.98 Å². The molecule has 0 unspecified atom stereocenters. The first-order valence-electron chi connectivity index (χ1n) is 9.88. The molecule has 0 saturated heterocycles. The van der Waals surface area contributed by atoms with Gasteiger partial charge in [-0.25, -0.2) is 4.98 Å². The van der Waals surface area contributed by atoms with Crippen molar-refractivity contribution in [3.8, 4) is 11.4 Å². The van der Waals surface area contributed by atoms with Crippen LogP contribution in [0.3, 0.4) is 0 Å². The van der Waals surface area contributed by atoms with E-state index in [2.05, 4.69) is 42.9 Å². The lowest BCUT2D eigenvalue weighted by Crippen LogP contribution is -2.24. The number of imidazole rings is 1. The molecule has 1 fully saturated rings. The maximum absolute atomic E-state index is 12.4. The summed E-state index contributed by atoms with van der Waals surface area (Å²) < 4.78 is 2.14. The molecule has 1 aromatic heterocycles. The van der Waals surface area contributed by atoms with Crippen LogP contribution in [-0.4, -0.2) is 15.5 Å². The summed E-state index contributed by atoms with van der Waals surface area (Å²) in [5.41, 5.74) is 6.61. The Morgan fingerprint density at radius 1 is 1.04 bits per heavy atom. The van der Waals surface area contributed by atoms with E-state index in [0.717, 1.165) is 41.0 Å². The van der Waals surface area contributed by atoms with E-state index < -0.39 is 0 Å². The summed E-state index contributed by atoms with van der Waals surface area (Å²) in [6.45, 7) is 4.25. The van der Waals surface area contributed by atoms with E-state index >= 15 is 0 Å². The van der Waals surface area contributed by atoms with Crippen LogP contribution in [-0.2, 0) is 11.8 Å². The second kappa shape index (κ2) is 7.18. The van der Waals surface area contributed by atoms with E-state index in [1.165, 1.54) is 30.4 Å². The van der Waals surface area contributed by atoms with Crippen molar-refractivity contribution in [1.29, 1.82) is 0 Å². The summed E-state index contributed by atoms with van der Waals surface area (Å²) in [6, 6.07) is 12.4. The average molecular weight is 361 g/mol. The number of aryl methyl sites for hydroxylation is 3. The number of carbonyl (C=O) groups is 1. The number of anilines is 1. The van der Waals surface area contributed by atoms with Gasteiger partial charge in [0.15, 0.2) is 0 Å². The lowest BCUT2D eigenvalue weighted by atomic mass is 9.88. The van der Waals surface area contributed by atoms with Crippen molar-refractivity contribution < 1.29 is 4.79 Å². The molecule has 1 N–H and O–H groups in total. The van der Waals surface area contributed by atoms with Crippen LogP contribution in [0.25, 0.3) is 22.4 Å². The minimum absolute atomic E-state index is 0.163. The lowest BCUT2D eigenvalue weighted by molar-refractivity contribution is -0.120. The number of hydrogen-bond donors (Lipinski definition) is 1. The summed E-state index contributed by atoms with van der Waals surface area (Å²) >= 11 is 0. The van der Waals surface area contributed by atoms with Crippen LogP contribution in [0.4, 0.5) is 5.69 Å². The number of fused-ring (bicyclic) bond motifs is 1. The molecule has 2 aromatic carbocycles. The SMILES string of the molecule is Cc1cc2nc(-c3ccc(NC(=O)C4CCCCC4)cc3)n(C)c2cc1C. The Kier molecular flexibility index (Phi) is 4.73. The fourth-order valence-electron chi connectivity index (χ4n) is 4.02. The Morgan fingerprint density at radius 2 is 1.70 bits per heavy atom. The second-order valence-corrected chi connectivity index (χ2v) is 7.82. The summed E-state index contributed by atoms with van der Waals surface area (Å²) in [7, 11) is 2.05. The Morgan fingerprint density at radius 3 is 2.41 bits per heavy atom. The zero-order valence-electron chi connectivity index (χ0n) is 16.4. The standard InChI is InChI=1S/C23H27N3O/c1-15-13-20-21(14-16(15)2)26(3)22(25-20)17-9-11-19(12-10-17)24-23(27)18-7-5-4-6-8-18/h9-14,18H,4-8H2,1-3H3,(H,24,27). The van der Waals surface area contributed by atoms with E-state index in [1.807, 2.05) is 24.3 Å². The molecule has 0 spiro atoms. The fraction of sp³-hybridized carbons (Fsp3) is 0.391. The van der Waals surface area contributed by atoms with Gasteiger partial charge in [-0.15, -0.1) is 0 Å². The van der Waals surface area contributed by atoms with Crippen molar-refractivity contribution in [2.45, 2.75) is 46.0 Å². The highest BCUT2D eigenvalue weighted by molar-refractivity contribution is 5.93. The highest BCUT2D eigenvalue weighted by atomic mass is 16.1. The van der Waals surface area contributed by atoms with E-state index in [1.54, 1.807) is 0 Å². The molecule has 1 aliphatic rings. The van der Waals surface area contributed by atoms with Crippen LogP contribution in [0.5, 0.6) is 0 Å². The minimum atomic E-state index is 0.163. The van der Waals surface area contributed by atoms with Crippen molar-refractivity contribution in [2.24, 2.45) is 13.0 Å². The van der Waals surface area contributed by atoms with Gasteiger partial charge in [0.25, 0.3) is 0 Å². The summed E-state index contributed by atoms with van der Waals surface area (Å²) in [4.78, 5) is 17.3. The smallest absolute Gasteiger partial charge is 0.227 e. The number of nitrogens with zero attached hydrogens (tertiary/aromatic N) is 2. The van der Waals surface area contributed by atoms with Gasteiger partial charge in [0.05, 0.1) is 11.0 Å². The molecule has 27 heavy (non-hydrogen) atoms. The van der Waals surface area contributed by atoms with E-state index in [0.29, 0.717) is 0 Å². The number of hydrogen-bond acceptors (Lipinski definition) is 2. The molecular weight excluding hydrogens is 334 g/mol. The van der Waals surface area contributed by atoms with Gasteiger partial charge < -0.3 is 9.88 Å². The maximum atomic E-state index is 12.4. The zero-order valence-corrected chi connectivity index (χ0v) is 16.4. The van der Waals surface area contributed by atoms with Gasteiger partial charge in [0, 0.05) is 24.2 Å². The molecule has 1 amide bonds. The predicted molar refractivity (Wildman–Crippen MR) is 111 cm³/mol. The van der Waals surface area contributed by atoms with Crippen LogP contribution in [0.2, 0.25) is 0 Å². The first-order valence-corrected chi connectivity index (χ1v) is 9.88. The molecule has 0 radical (unpaired) electrons. The van der Waals surface area contributed by atoms with Crippen molar-refractivity contribution in [1.82, 2.24) is 9.55 Å². The Hall–Kier alpha value is -2.62. The number of aromatic nitrogens is 2. The first kappa shape index (κ1) is 17.8. The normalized spacial score (nSPS) is 15.2. The van der Waals surface area contributed by atoms with Crippen LogP contribution >= 0.6 is 0 Å². The van der Waals surface area contributed by atoms with Crippen molar-refractivity contribution in [2.75, 3.05) is 5.32 Å². The molecule has 4 nitrogen and oxygen atoms in total. The van der Waals surface area contributed by atoms with Crippen molar-refractivity contribution in [3.63, 3.8) is 0 Å². The highest BCUT2D eigenvalue weighted by Gasteiger charge is 2.21. The summed E-state index contributed by atoms with van der Waals surface area (Å²) in [5.74, 6) is 1.28. The van der Waals surface area contributed by atoms with Gasteiger partial charge in [-0.2, -0.15) is 0 Å². The third kappa shape index (κ3) is 3.48. The number of nitrogens with one attached hydrogen (secondary N) is 1. The quantitative estimate of drug-likeness (QED) is 0.681. The van der Waals surface area contributed by atoms with Gasteiger partial charge in [-0.3, -0.25) is 4.79 Å². The average Bonchev–Trinajstić information content (AvgIpc) is 2.99. The van der Waals surface area contributed by atoms with Crippen molar-refractivity contribution >= 4 is 22.6 Å². The monoisotopic (exact) mass is 361 g/mol. The Balaban J connectivity index is 1.56. The molecule has 0 atom stereocenters. The second-order valence-electron chi connectivity index (χ2n) is 7.82. The summed E-state index contributed by atoms with van der Waals surface area (Å²) in [6.07, 6.45) is 5.63. The van der Waals surface area contributed by atoms with E-state index in [9.17, 15) is 4.79 Å². The van der Waals surface area contributed by atoms with Gasteiger partial charge in [-0.05, 0) is 74.2 Å². The Bertz CT molecular complexity index is 979. The van der Waals surface area contributed by atoms with Gasteiger partial charge >= 0.3 is 0 Å². The number of rotatable bonds is 3. The van der Waals surface area contributed by atoms with Crippen LogP contribution < -0.4 is 5.32 Å². The molecule has 4 rings (SSSR count). The number of carbonyl (C=O) groups excluding carboxylic acids is 1. The maximum Gasteiger partial charge on any atom is 0.227 e. The molecular formula is C23H27N3O. The number of amides is 1.